The van der Waals surface area contributed by atoms with Gasteiger partial charge in [0.05, 0.1) is 0 Å². The molecule has 0 aromatic heterocycles. The molecule has 0 saturated carbocycles. The first kappa shape index (κ1) is 19.4. The van der Waals surface area contributed by atoms with E-state index in [-0.39, 0.29) is 35.3 Å². The molecule has 2 N–H and O–H groups in total. The van der Waals surface area contributed by atoms with Gasteiger partial charge in [-0.2, -0.15) is 0 Å². The molecule has 22 heavy (non-hydrogen) atoms. The van der Waals surface area contributed by atoms with Crippen molar-refractivity contribution in [3.63, 3.8) is 0 Å². The lowest BCUT2D eigenvalue weighted by molar-refractivity contribution is 0.181. The number of halogens is 2. The number of hydrogen-bond acceptors (Lipinski definition) is 3. The third kappa shape index (κ3) is 4.41. The fraction of sp³-hybridized carbons (Fsp3) is 0.600. The van der Waals surface area contributed by atoms with Gasteiger partial charge in [0.25, 0.3) is 0 Å². The molecule has 126 valence electrons. The normalized spacial score (nSPS) is 21.2. The van der Waals surface area contributed by atoms with Crippen molar-refractivity contribution < 1.29 is 12.8 Å². The molecule has 7 heteroatoms. The summed E-state index contributed by atoms with van der Waals surface area (Å²) in [6.45, 7) is 7.12. The largest absolute Gasteiger partial charge is 0.312 e. The van der Waals surface area contributed by atoms with Crippen LogP contribution in [0.15, 0.2) is 23.1 Å². The number of rotatable bonds is 4. The van der Waals surface area contributed by atoms with E-state index in [4.69, 9.17) is 0 Å². The summed E-state index contributed by atoms with van der Waals surface area (Å²) in [5.74, 6) is -0.719. The number of benzene rings is 1. The molecule has 1 saturated heterocycles. The molecule has 4 nitrogen and oxygen atoms in total. The molecule has 1 atom stereocenters. The second-order valence-electron chi connectivity index (χ2n) is 6.38. The summed E-state index contributed by atoms with van der Waals surface area (Å²) < 4.78 is 40.8. The van der Waals surface area contributed by atoms with E-state index >= 15 is 0 Å². The van der Waals surface area contributed by atoms with Crippen LogP contribution in [-0.2, 0) is 10.0 Å². The molecule has 1 fully saturated rings. The maximum Gasteiger partial charge on any atom is 0.243 e. The fourth-order valence-corrected chi connectivity index (χ4v) is 3.91. The zero-order valence-corrected chi connectivity index (χ0v) is 14.8. The van der Waals surface area contributed by atoms with Gasteiger partial charge in [0.1, 0.15) is 10.7 Å². The number of aryl methyl sites for hydroxylation is 1. The molecule has 0 radical (unpaired) electrons. The standard InChI is InChI=1S/C15H23FN2O2S.ClH/c1-11-5-6-12(16)13(9-11)21(19,20)18-10-14-15(2,3)7-4-8-17-14;/h5-6,9,14,17-18H,4,7-8,10H2,1-3H3;1H. The Hall–Kier alpha value is -0.690. The van der Waals surface area contributed by atoms with E-state index in [2.05, 4.69) is 23.9 Å². The molecular weight excluding hydrogens is 327 g/mol. The van der Waals surface area contributed by atoms with Gasteiger partial charge < -0.3 is 5.32 Å². The topological polar surface area (TPSA) is 58.2 Å². The number of piperidine rings is 1. The predicted octanol–water partition coefficient (Wildman–Crippen LogP) is 2.61. The van der Waals surface area contributed by atoms with Gasteiger partial charge in [-0.25, -0.2) is 17.5 Å². The summed E-state index contributed by atoms with van der Waals surface area (Å²) in [5, 5.41) is 3.34. The van der Waals surface area contributed by atoms with E-state index in [1.807, 2.05) is 0 Å². The van der Waals surface area contributed by atoms with E-state index in [0.29, 0.717) is 5.56 Å². The average molecular weight is 351 g/mol. The first-order chi connectivity index (χ1) is 9.72. The Kier molecular flexibility index (Phi) is 6.38. The van der Waals surface area contributed by atoms with Gasteiger partial charge in [-0.15, -0.1) is 12.4 Å². The predicted molar refractivity (Wildman–Crippen MR) is 88.4 cm³/mol. The monoisotopic (exact) mass is 350 g/mol. The number of nitrogens with one attached hydrogen (secondary N) is 2. The third-order valence-electron chi connectivity index (χ3n) is 4.19. The van der Waals surface area contributed by atoms with Crippen molar-refractivity contribution in [2.24, 2.45) is 5.41 Å². The van der Waals surface area contributed by atoms with Crippen LogP contribution in [0, 0.1) is 18.2 Å². The highest BCUT2D eigenvalue weighted by Crippen LogP contribution is 2.29. The van der Waals surface area contributed by atoms with Crippen molar-refractivity contribution in [1.29, 1.82) is 0 Å². The molecule has 0 amide bonds. The molecule has 1 heterocycles. The van der Waals surface area contributed by atoms with Crippen LogP contribution >= 0.6 is 12.4 Å². The SMILES string of the molecule is Cc1ccc(F)c(S(=O)(=O)NCC2NCCCC2(C)C)c1.Cl. The summed E-state index contributed by atoms with van der Waals surface area (Å²) >= 11 is 0. The van der Waals surface area contributed by atoms with Crippen molar-refractivity contribution in [3.8, 4) is 0 Å². The Balaban J connectivity index is 0.00000242. The molecule has 2 rings (SSSR count). The Labute approximate surface area is 138 Å². The molecule has 1 aliphatic heterocycles. The lowest BCUT2D eigenvalue weighted by Crippen LogP contribution is -2.52. The molecule has 1 aromatic rings. The van der Waals surface area contributed by atoms with Crippen molar-refractivity contribution >= 4 is 22.4 Å². The molecule has 0 bridgehead atoms. The van der Waals surface area contributed by atoms with Crippen LogP contribution in [0.1, 0.15) is 32.3 Å². The van der Waals surface area contributed by atoms with Gasteiger partial charge in [-0.3, -0.25) is 0 Å². The quantitative estimate of drug-likeness (QED) is 0.877. The molecule has 1 aliphatic rings. The first-order valence-corrected chi connectivity index (χ1v) is 8.70. The first-order valence-electron chi connectivity index (χ1n) is 7.21. The van der Waals surface area contributed by atoms with Gasteiger partial charge in [-0.05, 0) is 49.4 Å². The minimum atomic E-state index is -3.83. The molecule has 1 aromatic carbocycles. The van der Waals surface area contributed by atoms with Crippen molar-refractivity contribution in [2.75, 3.05) is 13.1 Å². The number of hydrogen-bond donors (Lipinski definition) is 2. The molecule has 1 unspecified atom stereocenters. The van der Waals surface area contributed by atoms with E-state index < -0.39 is 15.8 Å². The van der Waals surface area contributed by atoms with Crippen LogP contribution in [0.3, 0.4) is 0 Å². The highest BCUT2D eigenvalue weighted by atomic mass is 35.5. The summed E-state index contributed by atoms with van der Waals surface area (Å²) in [6, 6.07) is 4.15. The molecule has 0 spiro atoms. The summed E-state index contributed by atoms with van der Waals surface area (Å²) in [4.78, 5) is -0.281. The summed E-state index contributed by atoms with van der Waals surface area (Å²) in [5.41, 5.74) is 0.735. The second-order valence-corrected chi connectivity index (χ2v) is 8.12. The van der Waals surface area contributed by atoms with Crippen LogP contribution in [0.2, 0.25) is 0 Å². The Morgan fingerprint density at radius 2 is 2.09 bits per heavy atom. The maximum absolute atomic E-state index is 13.7. The Morgan fingerprint density at radius 1 is 1.41 bits per heavy atom. The third-order valence-corrected chi connectivity index (χ3v) is 5.62. The number of sulfonamides is 1. The van der Waals surface area contributed by atoms with Crippen LogP contribution in [0.25, 0.3) is 0 Å². The minimum absolute atomic E-state index is 0. The second kappa shape index (κ2) is 7.25. The molecule has 0 aliphatic carbocycles. The van der Waals surface area contributed by atoms with Crippen LogP contribution in [-0.4, -0.2) is 27.5 Å². The summed E-state index contributed by atoms with van der Waals surface area (Å²) in [7, 11) is -3.83. The zero-order chi connectivity index (χ0) is 15.7. The van der Waals surface area contributed by atoms with Crippen molar-refractivity contribution in [1.82, 2.24) is 10.0 Å². The van der Waals surface area contributed by atoms with Gasteiger partial charge in [0.2, 0.25) is 10.0 Å². The van der Waals surface area contributed by atoms with Gasteiger partial charge in [0.15, 0.2) is 0 Å². The van der Waals surface area contributed by atoms with E-state index in [9.17, 15) is 12.8 Å². The lowest BCUT2D eigenvalue weighted by Gasteiger charge is -2.39. The highest BCUT2D eigenvalue weighted by molar-refractivity contribution is 7.89. The maximum atomic E-state index is 13.7. The average Bonchev–Trinajstić information content (AvgIpc) is 2.39. The minimum Gasteiger partial charge on any atom is -0.312 e. The molecular formula is C15H24ClFN2O2S. The summed E-state index contributed by atoms with van der Waals surface area (Å²) in [6.07, 6.45) is 2.13. The van der Waals surface area contributed by atoms with Crippen molar-refractivity contribution in [2.45, 2.75) is 44.6 Å². The van der Waals surface area contributed by atoms with Gasteiger partial charge in [-0.1, -0.05) is 19.9 Å². The fourth-order valence-electron chi connectivity index (χ4n) is 2.71. The Morgan fingerprint density at radius 3 is 2.73 bits per heavy atom. The van der Waals surface area contributed by atoms with E-state index in [1.54, 1.807) is 13.0 Å². The zero-order valence-electron chi connectivity index (χ0n) is 13.1. The highest BCUT2D eigenvalue weighted by Gasteiger charge is 2.33. The van der Waals surface area contributed by atoms with Crippen molar-refractivity contribution in [3.05, 3.63) is 29.6 Å². The smallest absolute Gasteiger partial charge is 0.243 e. The lowest BCUT2D eigenvalue weighted by atomic mass is 9.78. The van der Waals surface area contributed by atoms with Gasteiger partial charge in [0, 0.05) is 12.6 Å². The van der Waals surface area contributed by atoms with E-state index in [0.717, 1.165) is 19.4 Å². The van der Waals surface area contributed by atoms with E-state index in [1.165, 1.54) is 12.1 Å². The van der Waals surface area contributed by atoms with Crippen LogP contribution in [0.4, 0.5) is 4.39 Å². The Bertz CT molecular complexity index is 620. The van der Waals surface area contributed by atoms with Crippen LogP contribution < -0.4 is 10.0 Å². The van der Waals surface area contributed by atoms with Gasteiger partial charge >= 0.3 is 0 Å². The van der Waals surface area contributed by atoms with Crippen LogP contribution in [0.5, 0.6) is 0 Å².